The number of aromatic hydroxyl groups is 1. The van der Waals surface area contributed by atoms with Crippen LogP contribution in [0.5, 0.6) is 5.75 Å². The summed E-state index contributed by atoms with van der Waals surface area (Å²) in [7, 11) is 0. The van der Waals surface area contributed by atoms with Crippen molar-refractivity contribution < 1.29 is 9.90 Å². The average Bonchev–Trinajstić information content (AvgIpc) is 2.35. The Morgan fingerprint density at radius 3 is 2.78 bits per heavy atom. The van der Waals surface area contributed by atoms with Crippen molar-refractivity contribution >= 4 is 43.5 Å². The van der Waals surface area contributed by atoms with E-state index in [0.29, 0.717) is 10.2 Å². The summed E-state index contributed by atoms with van der Waals surface area (Å²) >= 11 is 6.54. The fourth-order valence-electron chi connectivity index (χ4n) is 1.36. The first kappa shape index (κ1) is 13.0. The van der Waals surface area contributed by atoms with E-state index in [0.717, 1.165) is 4.47 Å². The number of anilines is 1. The summed E-state index contributed by atoms with van der Waals surface area (Å²) in [5, 5.41) is 12.3. The molecule has 18 heavy (non-hydrogen) atoms. The normalized spacial score (nSPS) is 10.1. The number of nitrogens with one attached hydrogen (secondary N) is 1. The van der Waals surface area contributed by atoms with Crippen molar-refractivity contribution in [2.75, 3.05) is 5.32 Å². The number of phenols is 1. The quantitative estimate of drug-likeness (QED) is 0.848. The maximum absolute atomic E-state index is 12.0. The van der Waals surface area contributed by atoms with E-state index in [-0.39, 0.29) is 17.2 Å². The van der Waals surface area contributed by atoms with Crippen LogP contribution in [0.4, 0.5) is 5.69 Å². The Kier molecular flexibility index (Phi) is 3.98. The number of carbonyl (C=O) groups excluding carboxylic acids is 1. The Morgan fingerprint density at radius 2 is 2.06 bits per heavy atom. The van der Waals surface area contributed by atoms with Crippen LogP contribution in [0.3, 0.4) is 0 Å². The number of phenolic OH excluding ortho intramolecular Hbond substituents is 1. The van der Waals surface area contributed by atoms with Crippen molar-refractivity contribution in [3.05, 3.63) is 51.2 Å². The lowest BCUT2D eigenvalue weighted by molar-refractivity contribution is 0.102. The molecule has 0 unspecified atom stereocenters. The summed E-state index contributed by atoms with van der Waals surface area (Å²) in [6, 6.07) is 6.34. The maximum atomic E-state index is 12.0. The molecule has 0 bridgehead atoms. The third-order valence-electron chi connectivity index (χ3n) is 2.22. The minimum atomic E-state index is -0.388. The second kappa shape index (κ2) is 5.49. The molecule has 4 nitrogen and oxygen atoms in total. The Morgan fingerprint density at radius 1 is 1.28 bits per heavy atom. The molecule has 0 spiro atoms. The standard InChI is InChI=1S/C12H8Br2N2O2/c13-7-1-2-11(17)8(5-7)12(18)16-10-3-4-15-6-9(10)14/h1-6,17H,(H,15,16,18). The Hall–Kier alpha value is -1.40. The number of carbonyl (C=O) groups is 1. The number of hydrogen-bond acceptors (Lipinski definition) is 3. The predicted molar refractivity (Wildman–Crippen MR) is 75.7 cm³/mol. The summed E-state index contributed by atoms with van der Waals surface area (Å²) < 4.78 is 1.40. The number of benzene rings is 1. The fourth-order valence-corrected chi connectivity index (χ4v) is 2.07. The van der Waals surface area contributed by atoms with Gasteiger partial charge in [-0.15, -0.1) is 0 Å². The molecule has 1 aromatic heterocycles. The van der Waals surface area contributed by atoms with Crippen LogP contribution in [0.2, 0.25) is 0 Å². The summed E-state index contributed by atoms with van der Waals surface area (Å²) in [5.41, 5.74) is 0.794. The van der Waals surface area contributed by atoms with Crippen LogP contribution >= 0.6 is 31.9 Å². The van der Waals surface area contributed by atoms with E-state index in [2.05, 4.69) is 42.2 Å². The van der Waals surface area contributed by atoms with Crippen LogP contribution in [0.1, 0.15) is 10.4 Å². The van der Waals surface area contributed by atoms with E-state index < -0.39 is 0 Å². The number of pyridine rings is 1. The molecule has 2 aromatic rings. The number of nitrogens with zero attached hydrogens (tertiary/aromatic N) is 1. The van der Waals surface area contributed by atoms with Gasteiger partial charge in [-0.25, -0.2) is 0 Å². The molecule has 2 rings (SSSR count). The predicted octanol–water partition coefficient (Wildman–Crippen LogP) is 3.56. The van der Waals surface area contributed by atoms with Gasteiger partial charge in [-0.1, -0.05) is 15.9 Å². The number of amides is 1. The van der Waals surface area contributed by atoms with Gasteiger partial charge in [0, 0.05) is 16.9 Å². The first-order valence-electron chi connectivity index (χ1n) is 4.97. The molecule has 0 fully saturated rings. The van der Waals surface area contributed by atoms with E-state index in [1.807, 2.05) is 0 Å². The molecule has 0 saturated heterocycles. The first-order chi connectivity index (χ1) is 8.58. The number of rotatable bonds is 2. The molecule has 0 aliphatic heterocycles. The van der Waals surface area contributed by atoms with Crippen molar-refractivity contribution in [2.45, 2.75) is 0 Å². The van der Waals surface area contributed by atoms with Gasteiger partial charge >= 0.3 is 0 Å². The van der Waals surface area contributed by atoms with Crippen molar-refractivity contribution in [1.29, 1.82) is 0 Å². The van der Waals surface area contributed by atoms with Crippen LogP contribution in [0, 0.1) is 0 Å². The highest BCUT2D eigenvalue weighted by Crippen LogP contribution is 2.25. The fraction of sp³-hybridized carbons (Fsp3) is 0. The van der Waals surface area contributed by atoms with Crippen molar-refractivity contribution in [1.82, 2.24) is 4.98 Å². The molecule has 0 aliphatic carbocycles. The second-order valence-corrected chi connectivity index (χ2v) is 5.24. The topological polar surface area (TPSA) is 62.2 Å². The minimum Gasteiger partial charge on any atom is -0.507 e. The molecule has 1 heterocycles. The molecular weight excluding hydrogens is 364 g/mol. The third-order valence-corrected chi connectivity index (χ3v) is 3.35. The van der Waals surface area contributed by atoms with Crippen molar-refractivity contribution in [3.8, 4) is 5.75 Å². The maximum Gasteiger partial charge on any atom is 0.259 e. The lowest BCUT2D eigenvalue weighted by Gasteiger charge is -2.08. The summed E-state index contributed by atoms with van der Waals surface area (Å²) in [5.74, 6) is -0.457. The van der Waals surface area contributed by atoms with Gasteiger partial charge in [-0.05, 0) is 40.2 Å². The lowest BCUT2D eigenvalue weighted by Crippen LogP contribution is -2.12. The van der Waals surface area contributed by atoms with E-state index in [9.17, 15) is 9.90 Å². The molecule has 0 radical (unpaired) electrons. The van der Waals surface area contributed by atoms with Gasteiger partial charge in [0.1, 0.15) is 5.75 Å². The highest BCUT2D eigenvalue weighted by Gasteiger charge is 2.12. The van der Waals surface area contributed by atoms with Crippen LogP contribution in [0.15, 0.2) is 45.6 Å². The molecule has 2 N–H and O–H groups in total. The van der Waals surface area contributed by atoms with E-state index in [1.54, 1.807) is 30.6 Å². The molecule has 1 aromatic carbocycles. The highest BCUT2D eigenvalue weighted by atomic mass is 79.9. The van der Waals surface area contributed by atoms with Crippen molar-refractivity contribution in [3.63, 3.8) is 0 Å². The minimum absolute atomic E-state index is 0.0686. The largest absolute Gasteiger partial charge is 0.507 e. The molecule has 0 atom stereocenters. The average molecular weight is 372 g/mol. The number of hydrogen-bond donors (Lipinski definition) is 2. The zero-order chi connectivity index (χ0) is 13.1. The van der Waals surface area contributed by atoms with Gasteiger partial charge < -0.3 is 10.4 Å². The Bertz CT molecular complexity index is 602. The van der Waals surface area contributed by atoms with E-state index in [1.165, 1.54) is 6.07 Å². The summed E-state index contributed by atoms with van der Waals surface area (Å²) in [4.78, 5) is 15.9. The zero-order valence-corrected chi connectivity index (χ0v) is 12.2. The smallest absolute Gasteiger partial charge is 0.259 e. The van der Waals surface area contributed by atoms with Gasteiger partial charge in [-0.3, -0.25) is 9.78 Å². The van der Waals surface area contributed by atoms with Gasteiger partial charge in [0.05, 0.1) is 15.7 Å². The molecule has 0 saturated carbocycles. The molecule has 6 heteroatoms. The molecule has 0 aliphatic rings. The van der Waals surface area contributed by atoms with Gasteiger partial charge in [0.15, 0.2) is 0 Å². The molecule has 1 amide bonds. The zero-order valence-electron chi connectivity index (χ0n) is 9.02. The van der Waals surface area contributed by atoms with Crippen molar-refractivity contribution in [2.24, 2.45) is 0 Å². The summed E-state index contributed by atoms with van der Waals surface area (Å²) in [6.45, 7) is 0. The summed E-state index contributed by atoms with van der Waals surface area (Å²) in [6.07, 6.45) is 3.15. The monoisotopic (exact) mass is 370 g/mol. The van der Waals surface area contributed by atoms with E-state index >= 15 is 0 Å². The van der Waals surface area contributed by atoms with Crippen LogP contribution in [-0.2, 0) is 0 Å². The molecular formula is C12H8Br2N2O2. The third kappa shape index (κ3) is 2.88. The van der Waals surface area contributed by atoms with Gasteiger partial charge in [-0.2, -0.15) is 0 Å². The Balaban J connectivity index is 2.28. The van der Waals surface area contributed by atoms with Crippen LogP contribution < -0.4 is 5.32 Å². The second-order valence-electron chi connectivity index (χ2n) is 3.47. The number of aromatic nitrogens is 1. The lowest BCUT2D eigenvalue weighted by atomic mass is 10.2. The van der Waals surface area contributed by atoms with Crippen LogP contribution in [-0.4, -0.2) is 16.0 Å². The first-order valence-corrected chi connectivity index (χ1v) is 6.56. The van der Waals surface area contributed by atoms with Crippen LogP contribution in [0.25, 0.3) is 0 Å². The highest BCUT2D eigenvalue weighted by molar-refractivity contribution is 9.10. The Labute approximate surface area is 120 Å². The van der Waals surface area contributed by atoms with Gasteiger partial charge in [0.25, 0.3) is 5.91 Å². The van der Waals surface area contributed by atoms with Gasteiger partial charge in [0.2, 0.25) is 0 Å². The number of halogens is 2. The molecule has 92 valence electrons. The SMILES string of the molecule is O=C(Nc1ccncc1Br)c1cc(Br)ccc1O. The van der Waals surface area contributed by atoms with E-state index in [4.69, 9.17) is 0 Å².